The average molecular weight is 423 g/mol. The third kappa shape index (κ3) is 4.48. The van der Waals surface area contributed by atoms with E-state index in [2.05, 4.69) is 5.32 Å². The summed E-state index contributed by atoms with van der Waals surface area (Å²) >= 11 is 6.16. The number of nitrogens with one attached hydrogen (secondary N) is 1. The summed E-state index contributed by atoms with van der Waals surface area (Å²) in [4.78, 5) is 12.6. The number of ether oxygens (including phenoxy) is 1. The van der Waals surface area contributed by atoms with Gasteiger partial charge in [0.15, 0.2) is 0 Å². The fourth-order valence-electron chi connectivity index (χ4n) is 3.21. The Bertz CT molecular complexity index is 956. The van der Waals surface area contributed by atoms with Crippen LogP contribution >= 0.6 is 11.6 Å². The molecule has 0 bridgehead atoms. The smallest absolute Gasteiger partial charge is 0.251 e. The molecule has 0 unspecified atom stereocenters. The highest BCUT2D eigenvalue weighted by Gasteiger charge is 2.28. The molecule has 1 aliphatic heterocycles. The molecular formula is C20H23ClN2O4S. The van der Waals surface area contributed by atoms with Crippen LogP contribution in [0.2, 0.25) is 5.02 Å². The minimum atomic E-state index is -3.73. The highest BCUT2D eigenvalue weighted by molar-refractivity contribution is 7.89. The standard InChI is InChI=1S/C20H23ClN2O4S/c1-27-18-8-4-3-7-16(18)14-22-20(24)15-9-10-17(21)19(13-15)28(25,26)23-11-5-2-6-12-23/h3-4,7-10,13H,2,5-6,11-12,14H2,1H3,(H,22,24). The molecule has 0 aliphatic carbocycles. The summed E-state index contributed by atoms with van der Waals surface area (Å²) in [6, 6.07) is 11.7. The summed E-state index contributed by atoms with van der Waals surface area (Å²) in [5.74, 6) is 0.296. The molecule has 0 aromatic heterocycles. The minimum Gasteiger partial charge on any atom is -0.496 e. The second-order valence-electron chi connectivity index (χ2n) is 6.60. The van der Waals surface area contributed by atoms with E-state index in [0.29, 0.717) is 18.8 Å². The van der Waals surface area contributed by atoms with Crippen molar-refractivity contribution >= 4 is 27.5 Å². The Balaban J connectivity index is 1.79. The topological polar surface area (TPSA) is 75.7 Å². The maximum atomic E-state index is 12.9. The van der Waals surface area contributed by atoms with Crippen LogP contribution < -0.4 is 10.1 Å². The lowest BCUT2D eigenvalue weighted by Crippen LogP contribution is -2.36. The lowest BCUT2D eigenvalue weighted by molar-refractivity contribution is 0.0950. The van der Waals surface area contributed by atoms with Gasteiger partial charge in [0, 0.05) is 30.8 Å². The highest BCUT2D eigenvalue weighted by atomic mass is 35.5. The van der Waals surface area contributed by atoms with Crippen LogP contribution in [0.25, 0.3) is 0 Å². The van der Waals surface area contributed by atoms with Gasteiger partial charge >= 0.3 is 0 Å². The van der Waals surface area contributed by atoms with E-state index in [1.165, 1.54) is 22.5 Å². The van der Waals surface area contributed by atoms with Crippen molar-refractivity contribution in [3.05, 3.63) is 58.6 Å². The van der Waals surface area contributed by atoms with Gasteiger partial charge in [0.05, 0.1) is 12.1 Å². The van der Waals surface area contributed by atoms with Gasteiger partial charge < -0.3 is 10.1 Å². The Morgan fingerprint density at radius 2 is 1.86 bits per heavy atom. The van der Waals surface area contributed by atoms with Crippen molar-refractivity contribution in [2.75, 3.05) is 20.2 Å². The van der Waals surface area contributed by atoms with Crippen LogP contribution in [0, 0.1) is 0 Å². The first-order valence-corrected chi connectivity index (χ1v) is 10.9. The van der Waals surface area contributed by atoms with Crippen molar-refractivity contribution < 1.29 is 17.9 Å². The molecule has 1 saturated heterocycles. The molecule has 3 rings (SSSR count). The lowest BCUT2D eigenvalue weighted by Gasteiger charge is -2.26. The average Bonchev–Trinajstić information content (AvgIpc) is 2.73. The largest absolute Gasteiger partial charge is 0.496 e. The van der Waals surface area contributed by atoms with Gasteiger partial charge in [-0.25, -0.2) is 8.42 Å². The van der Waals surface area contributed by atoms with E-state index in [0.717, 1.165) is 24.8 Å². The van der Waals surface area contributed by atoms with Crippen LogP contribution in [0.3, 0.4) is 0 Å². The molecule has 1 N–H and O–H groups in total. The van der Waals surface area contributed by atoms with Gasteiger partial charge in [0.1, 0.15) is 10.6 Å². The fourth-order valence-corrected chi connectivity index (χ4v) is 5.23. The van der Waals surface area contributed by atoms with Crippen molar-refractivity contribution in [1.29, 1.82) is 0 Å². The molecule has 2 aromatic carbocycles. The second-order valence-corrected chi connectivity index (χ2v) is 8.92. The van der Waals surface area contributed by atoms with Crippen LogP contribution in [0.5, 0.6) is 5.75 Å². The first-order chi connectivity index (χ1) is 13.4. The van der Waals surface area contributed by atoms with E-state index in [4.69, 9.17) is 16.3 Å². The summed E-state index contributed by atoms with van der Waals surface area (Å²) in [5, 5.41) is 2.91. The molecule has 0 spiro atoms. The zero-order valence-electron chi connectivity index (χ0n) is 15.7. The Labute approximate surface area is 170 Å². The molecule has 0 saturated carbocycles. The van der Waals surface area contributed by atoms with E-state index >= 15 is 0 Å². The SMILES string of the molecule is COc1ccccc1CNC(=O)c1ccc(Cl)c(S(=O)(=O)N2CCCCC2)c1. The molecule has 6 nitrogen and oxygen atoms in total. The third-order valence-corrected chi connectivity index (χ3v) is 7.14. The Hall–Kier alpha value is -2.09. The Morgan fingerprint density at radius 1 is 1.14 bits per heavy atom. The molecule has 0 atom stereocenters. The van der Waals surface area contributed by atoms with Crippen molar-refractivity contribution in [1.82, 2.24) is 9.62 Å². The van der Waals surface area contributed by atoms with Gasteiger partial charge in [-0.3, -0.25) is 4.79 Å². The van der Waals surface area contributed by atoms with Crippen molar-refractivity contribution in [3.8, 4) is 5.75 Å². The van der Waals surface area contributed by atoms with Gasteiger partial charge in [0.2, 0.25) is 10.0 Å². The molecule has 28 heavy (non-hydrogen) atoms. The van der Waals surface area contributed by atoms with E-state index in [1.54, 1.807) is 7.11 Å². The van der Waals surface area contributed by atoms with Gasteiger partial charge in [-0.2, -0.15) is 4.31 Å². The first-order valence-electron chi connectivity index (χ1n) is 9.13. The summed E-state index contributed by atoms with van der Waals surface area (Å²) in [7, 11) is -2.16. The number of nitrogens with zero attached hydrogens (tertiary/aromatic N) is 1. The van der Waals surface area contributed by atoms with Gasteiger partial charge in [-0.15, -0.1) is 0 Å². The van der Waals surface area contributed by atoms with Crippen molar-refractivity contribution in [2.24, 2.45) is 0 Å². The molecule has 150 valence electrons. The van der Waals surface area contributed by atoms with Gasteiger partial charge in [-0.1, -0.05) is 36.2 Å². The number of hydrogen-bond donors (Lipinski definition) is 1. The van der Waals surface area contributed by atoms with Crippen LogP contribution in [-0.2, 0) is 16.6 Å². The first kappa shape index (κ1) is 20.6. The Morgan fingerprint density at radius 3 is 2.57 bits per heavy atom. The van der Waals surface area contributed by atoms with Crippen molar-refractivity contribution in [3.63, 3.8) is 0 Å². The summed E-state index contributed by atoms with van der Waals surface area (Å²) < 4.78 is 32.6. The zero-order valence-corrected chi connectivity index (χ0v) is 17.2. The monoisotopic (exact) mass is 422 g/mol. The molecule has 1 heterocycles. The number of rotatable bonds is 6. The molecular weight excluding hydrogens is 400 g/mol. The van der Waals surface area contributed by atoms with Crippen LogP contribution in [0.15, 0.2) is 47.4 Å². The van der Waals surface area contributed by atoms with E-state index < -0.39 is 10.0 Å². The number of methoxy groups -OCH3 is 1. The normalized spacial score (nSPS) is 15.2. The summed E-state index contributed by atoms with van der Waals surface area (Å²) in [6.07, 6.45) is 2.68. The third-order valence-electron chi connectivity index (χ3n) is 4.76. The number of amides is 1. The molecule has 8 heteroatoms. The number of hydrogen-bond acceptors (Lipinski definition) is 4. The minimum absolute atomic E-state index is 0.0268. The van der Waals surface area contributed by atoms with E-state index in [-0.39, 0.29) is 27.9 Å². The highest BCUT2D eigenvalue weighted by Crippen LogP contribution is 2.28. The van der Waals surface area contributed by atoms with E-state index in [1.807, 2.05) is 24.3 Å². The summed E-state index contributed by atoms with van der Waals surface area (Å²) in [5.41, 5.74) is 1.07. The lowest BCUT2D eigenvalue weighted by atomic mass is 10.1. The summed E-state index contributed by atoms with van der Waals surface area (Å²) in [6.45, 7) is 1.21. The number of halogens is 1. The quantitative estimate of drug-likeness (QED) is 0.773. The van der Waals surface area contributed by atoms with Crippen LogP contribution in [-0.4, -0.2) is 38.8 Å². The number of piperidine rings is 1. The number of carbonyl (C=O) groups excluding carboxylic acids is 1. The number of para-hydroxylation sites is 1. The van der Waals surface area contributed by atoms with Crippen molar-refractivity contribution in [2.45, 2.75) is 30.7 Å². The zero-order chi connectivity index (χ0) is 20.1. The predicted octanol–water partition coefficient (Wildman–Crippen LogP) is 3.45. The molecule has 1 aliphatic rings. The van der Waals surface area contributed by atoms with Gasteiger partial charge in [-0.05, 0) is 37.1 Å². The molecule has 0 radical (unpaired) electrons. The molecule has 1 amide bonds. The number of carbonyl (C=O) groups is 1. The Kier molecular flexibility index (Phi) is 6.59. The maximum Gasteiger partial charge on any atom is 0.251 e. The predicted molar refractivity (Wildman–Crippen MR) is 108 cm³/mol. The fraction of sp³-hybridized carbons (Fsp3) is 0.350. The van der Waals surface area contributed by atoms with Crippen LogP contribution in [0.1, 0.15) is 35.2 Å². The van der Waals surface area contributed by atoms with Crippen LogP contribution in [0.4, 0.5) is 0 Å². The maximum absolute atomic E-state index is 12.9. The molecule has 2 aromatic rings. The molecule has 1 fully saturated rings. The number of benzene rings is 2. The van der Waals surface area contributed by atoms with E-state index in [9.17, 15) is 13.2 Å². The van der Waals surface area contributed by atoms with Gasteiger partial charge in [0.25, 0.3) is 5.91 Å². The second kappa shape index (κ2) is 8.94. The number of sulfonamides is 1.